The zero-order valence-corrected chi connectivity index (χ0v) is 23.3. The molecule has 0 radical (unpaired) electrons. The van der Waals surface area contributed by atoms with E-state index in [2.05, 4.69) is 15.1 Å². The molecular formula is C26H33Cl3N4O4. The van der Waals surface area contributed by atoms with Gasteiger partial charge in [0.1, 0.15) is 11.6 Å². The smallest absolute Gasteiger partial charge is 0.336 e. The van der Waals surface area contributed by atoms with Crippen molar-refractivity contribution in [1.82, 2.24) is 4.98 Å². The number of carbonyl (C=O) groups excluding carboxylic acids is 1. The highest BCUT2D eigenvalue weighted by Crippen LogP contribution is 2.28. The maximum absolute atomic E-state index is 12.1. The average molecular weight is 572 g/mol. The Labute approximate surface area is 235 Å². The molecule has 0 atom stereocenters. The number of aromatic nitrogens is 1. The fourth-order valence-electron chi connectivity index (χ4n) is 4.18. The minimum absolute atomic E-state index is 0. The Kier molecular flexibility index (Phi) is 12.8. The van der Waals surface area contributed by atoms with E-state index in [4.69, 9.17) is 9.72 Å². The number of carboxylic acids is 1. The van der Waals surface area contributed by atoms with Crippen LogP contribution in [0.2, 0.25) is 0 Å². The summed E-state index contributed by atoms with van der Waals surface area (Å²) < 4.78 is 5.24. The Morgan fingerprint density at radius 2 is 1.62 bits per heavy atom. The SMILES string of the molecule is CCCCC(=O)Nc1ccc2nc(N3CCN(c4ccc(OC)cc4)CC3)cc(C(=O)O)c2c1.Cl.Cl.Cl. The lowest BCUT2D eigenvalue weighted by Gasteiger charge is -2.37. The molecule has 2 aromatic carbocycles. The number of hydrogen-bond donors (Lipinski definition) is 2. The Balaban J connectivity index is 0.00000228. The van der Waals surface area contributed by atoms with Gasteiger partial charge in [0.15, 0.2) is 0 Å². The number of hydrogen-bond acceptors (Lipinski definition) is 6. The van der Waals surface area contributed by atoms with Crippen molar-refractivity contribution >= 4 is 77.2 Å². The van der Waals surface area contributed by atoms with Crippen molar-refractivity contribution in [3.8, 4) is 5.75 Å². The number of fused-ring (bicyclic) bond motifs is 1. The van der Waals surface area contributed by atoms with Gasteiger partial charge in [-0.05, 0) is 55.0 Å². The van der Waals surface area contributed by atoms with Crippen molar-refractivity contribution in [1.29, 1.82) is 0 Å². The number of piperazine rings is 1. The molecule has 37 heavy (non-hydrogen) atoms. The van der Waals surface area contributed by atoms with Crippen LogP contribution in [0.5, 0.6) is 5.75 Å². The molecule has 2 N–H and O–H groups in total. The average Bonchev–Trinajstić information content (AvgIpc) is 2.87. The normalized spacial score (nSPS) is 12.6. The molecule has 1 aliphatic rings. The molecular weight excluding hydrogens is 539 g/mol. The van der Waals surface area contributed by atoms with E-state index in [1.165, 1.54) is 0 Å². The van der Waals surface area contributed by atoms with Gasteiger partial charge in [0, 0.05) is 49.4 Å². The molecule has 11 heteroatoms. The summed E-state index contributed by atoms with van der Waals surface area (Å²) in [5.41, 5.74) is 2.49. The van der Waals surface area contributed by atoms with Crippen LogP contribution in [-0.4, -0.2) is 55.3 Å². The second kappa shape index (κ2) is 14.7. The molecule has 1 amide bonds. The van der Waals surface area contributed by atoms with Gasteiger partial charge in [-0.25, -0.2) is 9.78 Å². The Morgan fingerprint density at radius 1 is 0.973 bits per heavy atom. The number of methoxy groups -OCH3 is 1. The van der Waals surface area contributed by atoms with Crippen LogP contribution in [0.3, 0.4) is 0 Å². The van der Waals surface area contributed by atoms with E-state index in [-0.39, 0.29) is 48.7 Å². The first-order valence-corrected chi connectivity index (χ1v) is 11.6. The van der Waals surface area contributed by atoms with Crippen molar-refractivity contribution < 1.29 is 19.4 Å². The van der Waals surface area contributed by atoms with Gasteiger partial charge in [0.05, 0.1) is 18.2 Å². The summed E-state index contributed by atoms with van der Waals surface area (Å²) in [6.45, 7) is 5.10. The number of carbonyl (C=O) groups is 2. The topological polar surface area (TPSA) is 95.0 Å². The van der Waals surface area contributed by atoms with Gasteiger partial charge < -0.3 is 25.0 Å². The summed E-state index contributed by atoms with van der Waals surface area (Å²) in [7, 11) is 1.65. The van der Waals surface area contributed by atoms with Gasteiger partial charge in [-0.2, -0.15) is 0 Å². The van der Waals surface area contributed by atoms with Crippen molar-refractivity contribution in [2.45, 2.75) is 26.2 Å². The van der Waals surface area contributed by atoms with E-state index in [1.54, 1.807) is 31.4 Å². The van der Waals surface area contributed by atoms with Gasteiger partial charge in [0.25, 0.3) is 0 Å². The van der Waals surface area contributed by atoms with Crippen molar-refractivity contribution in [3.63, 3.8) is 0 Å². The number of benzene rings is 2. The van der Waals surface area contributed by atoms with Gasteiger partial charge >= 0.3 is 5.97 Å². The van der Waals surface area contributed by atoms with Gasteiger partial charge in [0.2, 0.25) is 5.91 Å². The minimum atomic E-state index is -1.01. The maximum atomic E-state index is 12.1. The van der Waals surface area contributed by atoms with Gasteiger partial charge in [-0.15, -0.1) is 37.2 Å². The number of ether oxygens (including phenoxy) is 1. The number of unbranched alkanes of at least 4 members (excludes halogenated alkanes) is 1. The van der Waals surface area contributed by atoms with Crippen LogP contribution in [0.25, 0.3) is 10.9 Å². The van der Waals surface area contributed by atoms with Crippen LogP contribution >= 0.6 is 37.2 Å². The summed E-state index contributed by atoms with van der Waals surface area (Å²) in [6.07, 6.45) is 2.20. The quantitative estimate of drug-likeness (QED) is 0.360. The fourth-order valence-corrected chi connectivity index (χ4v) is 4.18. The van der Waals surface area contributed by atoms with E-state index in [1.807, 2.05) is 31.2 Å². The van der Waals surface area contributed by atoms with E-state index in [0.29, 0.717) is 28.8 Å². The highest BCUT2D eigenvalue weighted by Gasteiger charge is 2.21. The molecule has 0 aliphatic carbocycles. The van der Waals surface area contributed by atoms with Crippen LogP contribution in [-0.2, 0) is 4.79 Å². The molecule has 8 nitrogen and oxygen atoms in total. The standard InChI is InChI=1S/C26H30N4O4.3ClH/c1-3-4-5-25(31)27-18-6-11-23-21(16-18)22(26(32)33)17-24(28-23)30-14-12-29(13-15-30)19-7-9-20(34-2)10-8-19;;;/h6-11,16-17H,3-5,12-15H2,1-2H3,(H,27,31)(H,32,33);3*1H. The number of amides is 1. The second-order valence-electron chi connectivity index (χ2n) is 8.39. The lowest BCUT2D eigenvalue weighted by atomic mass is 10.1. The van der Waals surface area contributed by atoms with E-state index in [0.717, 1.165) is 50.5 Å². The fraction of sp³-hybridized carbons (Fsp3) is 0.346. The number of pyridine rings is 1. The van der Waals surface area contributed by atoms with Crippen molar-refractivity contribution in [2.75, 3.05) is 48.4 Å². The number of halogens is 3. The van der Waals surface area contributed by atoms with Crippen LogP contribution in [0.15, 0.2) is 48.5 Å². The predicted octanol–water partition coefficient (Wildman–Crippen LogP) is 5.66. The van der Waals surface area contributed by atoms with Crippen LogP contribution in [0.1, 0.15) is 36.5 Å². The number of nitrogens with zero attached hydrogens (tertiary/aromatic N) is 3. The molecule has 1 aliphatic heterocycles. The first-order valence-electron chi connectivity index (χ1n) is 11.6. The van der Waals surface area contributed by atoms with Gasteiger partial charge in [-0.3, -0.25) is 4.79 Å². The van der Waals surface area contributed by atoms with Crippen LogP contribution in [0, 0.1) is 0 Å². The largest absolute Gasteiger partial charge is 0.497 e. The molecule has 1 saturated heterocycles. The molecule has 0 spiro atoms. The molecule has 3 aromatic rings. The zero-order chi connectivity index (χ0) is 24.1. The van der Waals surface area contributed by atoms with E-state index in [9.17, 15) is 14.7 Å². The lowest BCUT2D eigenvalue weighted by molar-refractivity contribution is -0.116. The zero-order valence-electron chi connectivity index (χ0n) is 20.8. The van der Waals surface area contributed by atoms with E-state index < -0.39 is 5.97 Å². The van der Waals surface area contributed by atoms with E-state index >= 15 is 0 Å². The molecule has 1 aromatic heterocycles. The molecule has 202 valence electrons. The molecule has 2 heterocycles. The summed E-state index contributed by atoms with van der Waals surface area (Å²) in [5, 5.41) is 13.2. The Bertz CT molecular complexity index is 1190. The van der Waals surface area contributed by atoms with Gasteiger partial charge in [-0.1, -0.05) is 13.3 Å². The number of anilines is 3. The third-order valence-corrected chi connectivity index (χ3v) is 6.11. The number of aromatic carboxylic acids is 1. The Hall–Kier alpha value is -2.94. The third kappa shape index (κ3) is 7.77. The number of rotatable bonds is 8. The predicted molar refractivity (Wildman–Crippen MR) is 156 cm³/mol. The monoisotopic (exact) mass is 570 g/mol. The first kappa shape index (κ1) is 32.1. The number of nitrogens with one attached hydrogen (secondary N) is 1. The van der Waals surface area contributed by atoms with Crippen LogP contribution < -0.4 is 19.9 Å². The molecule has 0 unspecified atom stereocenters. The second-order valence-corrected chi connectivity index (χ2v) is 8.39. The van der Waals surface area contributed by atoms with Crippen molar-refractivity contribution in [3.05, 3.63) is 54.1 Å². The summed E-state index contributed by atoms with van der Waals surface area (Å²) in [5.74, 6) is 0.393. The third-order valence-electron chi connectivity index (χ3n) is 6.11. The Morgan fingerprint density at radius 3 is 2.22 bits per heavy atom. The number of carboxylic acid groups (broad SMARTS) is 1. The highest BCUT2D eigenvalue weighted by atomic mass is 35.5. The highest BCUT2D eigenvalue weighted by molar-refractivity contribution is 6.05. The summed E-state index contributed by atoms with van der Waals surface area (Å²) in [4.78, 5) is 33.3. The van der Waals surface area contributed by atoms with Crippen molar-refractivity contribution in [2.24, 2.45) is 0 Å². The lowest BCUT2D eigenvalue weighted by Crippen LogP contribution is -2.46. The molecule has 0 saturated carbocycles. The minimum Gasteiger partial charge on any atom is -0.497 e. The van der Waals surface area contributed by atoms with Crippen LogP contribution in [0.4, 0.5) is 17.2 Å². The first-order chi connectivity index (χ1) is 16.5. The summed E-state index contributed by atoms with van der Waals surface area (Å²) >= 11 is 0. The molecule has 0 bridgehead atoms. The maximum Gasteiger partial charge on any atom is 0.336 e. The molecule has 4 rings (SSSR count). The molecule has 1 fully saturated rings. The summed E-state index contributed by atoms with van der Waals surface area (Å²) in [6, 6.07) is 14.9.